The van der Waals surface area contributed by atoms with Crippen LogP contribution in [-0.4, -0.2) is 24.8 Å². The summed E-state index contributed by atoms with van der Waals surface area (Å²) in [5.41, 5.74) is 5.64. The van der Waals surface area contributed by atoms with Gasteiger partial charge < -0.3 is 15.8 Å². The summed E-state index contributed by atoms with van der Waals surface area (Å²) in [5, 5.41) is 2.84. The number of rotatable bonds is 4. The summed E-state index contributed by atoms with van der Waals surface area (Å²) in [6.45, 7) is 11.1. The molecule has 1 saturated carbocycles. The molecule has 0 radical (unpaired) electrons. The summed E-state index contributed by atoms with van der Waals surface area (Å²) >= 11 is 0. The summed E-state index contributed by atoms with van der Waals surface area (Å²) in [5.74, 6) is 0. The van der Waals surface area contributed by atoms with E-state index in [1.807, 2.05) is 20.8 Å². The molecule has 1 aliphatic carbocycles. The Morgan fingerprint density at radius 1 is 1.35 bits per heavy atom. The summed E-state index contributed by atoms with van der Waals surface area (Å²) in [7, 11) is 0. The van der Waals surface area contributed by atoms with Gasteiger partial charge in [-0.2, -0.15) is 0 Å². The third-order valence-corrected chi connectivity index (χ3v) is 3.93. The van der Waals surface area contributed by atoms with E-state index in [4.69, 9.17) is 10.5 Å². The zero-order valence-corrected chi connectivity index (χ0v) is 11.7. The lowest BCUT2D eigenvalue weighted by atomic mass is 9.75. The zero-order chi connectivity index (χ0) is 13.3. The van der Waals surface area contributed by atoms with E-state index in [2.05, 4.69) is 19.2 Å². The molecule has 0 aromatic heterocycles. The number of amides is 1. The predicted molar refractivity (Wildman–Crippen MR) is 68.7 cm³/mol. The maximum atomic E-state index is 11.6. The lowest BCUT2D eigenvalue weighted by Crippen LogP contribution is -2.46. The molecule has 0 bridgehead atoms. The molecule has 0 aromatic rings. The van der Waals surface area contributed by atoms with Crippen LogP contribution in [0.25, 0.3) is 0 Å². The Balaban J connectivity index is 2.46. The van der Waals surface area contributed by atoms with E-state index in [0.717, 1.165) is 0 Å². The van der Waals surface area contributed by atoms with Crippen LogP contribution in [-0.2, 0) is 4.74 Å². The van der Waals surface area contributed by atoms with Crippen LogP contribution < -0.4 is 11.1 Å². The number of carbonyl (C=O) groups is 1. The number of carbonyl (C=O) groups excluding carboxylic acids is 1. The lowest BCUT2D eigenvalue weighted by molar-refractivity contribution is 0.0481. The molecular weight excluding hydrogens is 216 g/mol. The van der Waals surface area contributed by atoms with Crippen molar-refractivity contribution in [3.63, 3.8) is 0 Å². The second-order valence-electron chi connectivity index (χ2n) is 6.68. The molecule has 0 spiro atoms. The van der Waals surface area contributed by atoms with Crippen LogP contribution in [0.5, 0.6) is 0 Å². The predicted octanol–water partition coefficient (Wildman–Crippen LogP) is 2.28. The fraction of sp³-hybridized carbons (Fsp3) is 0.923. The van der Waals surface area contributed by atoms with E-state index in [1.54, 1.807) is 0 Å². The van der Waals surface area contributed by atoms with Crippen molar-refractivity contribution in [2.24, 2.45) is 16.6 Å². The molecule has 0 saturated heterocycles. The van der Waals surface area contributed by atoms with E-state index in [-0.39, 0.29) is 16.9 Å². The first-order valence-electron chi connectivity index (χ1n) is 6.29. The second kappa shape index (κ2) is 4.48. The van der Waals surface area contributed by atoms with Crippen molar-refractivity contribution in [3.8, 4) is 0 Å². The smallest absolute Gasteiger partial charge is 0.407 e. The Morgan fingerprint density at radius 3 is 2.24 bits per heavy atom. The first-order valence-corrected chi connectivity index (χ1v) is 6.29. The molecule has 0 heterocycles. The van der Waals surface area contributed by atoms with Gasteiger partial charge in [0.2, 0.25) is 0 Å². The van der Waals surface area contributed by atoms with E-state index in [9.17, 15) is 4.79 Å². The number of hydrogen-bond donors (Lipinski definition) is 2. The molecule has 1 aliphatic rings. The number of ether oxygens (including phenoxy) is 1. The topological polar surface area (TPSA) is 64.3 Å². The van der Waals surface area contributed by atoms with Gasteiger partial charge in [0.05, 0.1) is 0 Å². The largest absolute Gasteiger partial charge is 0.444 e. The SMILES string of the molecule is CC(C)(C)OC(=O)NCC(C)(CN)C1(C)CC1. The molecule has 0 aromatic carbocycles. The van der Waals surface area contributed by atoms with Crippen molar-refractivity contribution >= 4 is 6.09 Å². The number of alkyl carbamates (subject to hydrolysis) is 1. The Bertz CT molecular complexity index is 292. The fourth-order valence-corrected chi connectivity index (χ4v) is 1.90. The van der Waals surface area contributed by atoms with Crippen LogP contribution in [0.15, 0.2) is 0 Å². The van der Waals surface area contributed by atoms with Crippen LogP contribution in [0, 0.1) is 10.8 Å². The van der Waals surface area contributed by atoms with Crippen molar-refractivity contribution in [2.75, 3.05) is 13.1 Å². The lowest BCUT2D eigenvalue weighted by Gasteiger charge is -2.35. The quantitative estimate of drug-likeness (QED) is 0.795. The highest BCUT2D eigenvalue weighted by atomic mass is 16.6. The fourth-order valence-electron chi connectivity index (χ4n) is 1.90. The number of nitrogens with two attached hydrogens (primary N) is 1. The van der Waals surface area contributed by atoms with Crippen LogP contribution in [0.3, 0.4) is 0 Å². The normalized spacial score (nSPS) is 21.5. The summed E-state index contributed by atoms with van der Waals surface area (Å²) in [6.07, 6.45) is 2.02. The monoisotopic (exact) mass is 242 g/mol. The van der Waals surface area contributed by atoms with Crippen LogP contribution in [0.4, 0.5) is 4.79 Å². The molecule has 1 rings (SSSR count). The standard InChI is InChI=1S/C13H26N2O2/c1-11(2,3)17-10(16)15-9-13(5,8-14)12(4)6-7-12/h6-9,14H2,1-5H3,(H,15,16). The molecule has 1 unspecified atom stereocenters. The van der Waals surface area contributed by atoms with Crippen molar-refractivity contribution in [1.29, 1.82) is 0 Å². The van der Waals surface area contributed by atoms with Gasteiger partial charge in [0.1, 0.15) is 5.60 Å². The molecule has 4 nitrogen and oxygen atoms in total. The van der Waals surface area contributed by atoms with E-state index in [0.29, 0.717) is 13.1 Å². The molecule has 0 aliphatic heterocycles. The van der Waals surface area contributed by atoms with Crippen molar-refractivity contribution in [2.45, 2.75) is 53.1 Å². The number of hydrogen-bond acceptors (Lipinski definition) is 3. The van der Waals surface area contributed by atoms with E-state index in [1.165, 1.54) is 12.8 Å². The molecule has 1 amide bonds. The van der Waals surface area contributed by atoms with Crippen molar-refractivity contribution in [1.82, 2.24) is 5.32 Å². The minimum Gasteiger partial charge on any atom is -0.444 e. The third-order valence-electron chi connectivity index (χ3n) is 3.93. The first-order chi connectivity index (χ1) is 7.62. The van der Waals surface area contributed by atoms with Crippen LogP contribution in [0.2, 0.25) is 0 Å². The zero-order valence-electron chi connectivity index (χ0n) is 11.7. The van der Waals surface area contributed by atoms with Gasteiger partial charge in [-0.25, -0.2) is 4.79 Å². The minimum atomic E-state index is -0.452. The molecule has 1 fully saturated rings. The molecular formula is C13H26N2O2. The highest BCUT2D eigenvalue weighted by Crippen LogP contribution is 2.57. The van der Waals surface area contributed by atoms with Crippen molar-refractivity contribution in [3.05, 3.63) is 0 Å². The average molecular weight is 242 g/mol. The van der Waals surface area contributed by atoms with Crippen molar-refractivity contribution < 1.29 is 9.53 Å². The highest BCUT2D eigenvalue weighted by Gasteiger charge is 2.52. The summed E-state index contributed by atoms with van der Waals surface area (Å²) < 4.78 is 5.22. The maximum absolute atomic E-state index is 11.6. The average Bonchev–Trinajstić information content (AvgIpc) is 2.92. The molecule has 100 valence electrons. The van der Waals surface area contributed by atoms with Gasteiger partial charge >= 0.3 is 6.09 Å². The first kappa shape index (κ1) is 14.3. The number of nitrogens with one attached hydrogen (secondary N) is 1. The van der Waals surface area contributed by atoms with Gasteiger partial charge in [0, 0.05) is 12.0 Å². The molecule has 4 heteroatoms. The van der Waals surface area contributed by atoms with Gasteiger partial charge in [-0.15, -0.1) is 0 Å². The van der Waals surface area contributed by atoms with Gasteiger partial charge in [0.25, 0.3) is 0 Å². The van der Waals surface area contributed by atoms with E-state index >= 15 is 0 Å². The second-order valence-corrected chi connectivity index (χ2v) is 6.68. The third kappa shape index (κ3) is 3.60. The molecule has 1 atom stereocenters. The van der Waals surface area contributed by atoms with E-state index < -0.39 is 5.60 Å². The molecule has 3 N–H and O–H groups in total. The van der Waals surface area contributed by atoms with Gasteiger partial charge in [-0.1, -0.05) is 13.8 Å². The Labute approximate surface area is 104 Å². The minimum absolute atomic E-state index is 0.0378. The molecule has 17 heavy (non-hydrogen) atoms. The maximum Gasteiger partial charge on any atom is 0.407 e. The van der Waals surface area contributed by atoms with Gasteiger partial charge in [0.15, 0.2) is 0 Å². The Kier molecular flexibility index (Phi) is 3.77. The van der Waals surface area contributed by atoms with Gasteiger partial charge in [-0.3, -0.25) is 0 Å². The Hall–Kier alpha value is -0.770. The Morgan fingerprint density at radius 2 is 1.88 bits per heavy atom. The summed E-state index contributed by atoms with van der Waals surface area (Å²) in [4.78, 5) is 11.6. The van der Waals surface area contributed by atoms with Crippen LogP contribution in [0.1, 0.15) is 47.5 Å². The van der Waals surface area contributed by atoms with Gasteiger partial charge in [-0.05, 0) is 45.6 Å². The van der Waals surface area contributed by atoms with Crippen LogP contribution >= 0.6 is 0 Å². The highest BCUT2D eigenvalue weighted by molar-refractivity contribution is 5.67. The summed E-state index contributed by atoms with van der Waals surface area (Å²) in [6, 6.07) is 0.